The summed E-state index contributed by atoms with van der Waals surface area (Å²) in [6.07, 6.45) is 0. The molecule has 0 aliphatic heterocycles. The molecule has 10 nitrogen and oxygen atoms in total. The molecule has 178 valence electrons. The summed E-state index contributed by atoms with van der Waals surface area (Å²) in [6, 6.07) is 6.58. The van der Waals surface area contributed by atoms with Gasteiger partial charge in [0.15, 0.2) is 13.2 Å². The number of thiophene rings is 1. The van der Waals surface area contributed by atoms with Crippen LogP contribution in [-0.4, -0.2) is 57.4 Å². The van der Waals surface area contributed by atoms with Crippen molar-refractivity contribution >= 4 is 40.2 Å². The summed E-state index contributed by atoms with van der Waals surface area (Å²) < 4.78 is 25.3. The van der Waals surface area contributed by atoms with Crippen LogP contribution in [0, 0.1) is 6.92 Å². The number of ether oxygens (including phenoxy) is 5. The summed E-state index contributed by atoms with van der Waals surface area (Å²) >= 11 is 0.879. The molecule has 1 amide bonds. The maximum atomic E-state index is 12.4. The first-order valence-corrected chi connectivity index (χ1v) is 10.8. The van der Waals surface area contributed by atoms with Gasteiger partial charge in [-0.3, -0.25) is 4.79 Å². The Morgan fingerprint density at radius 3 is 2.09 bits per heavy atom. The highest BCUT2D eigenvalue weighted by atomic mass is 32.1. The summed E-state index contributed by atoms with van der Waals surface area (Å²) in [5.41, 5.74) is 0.379. The summed E-state index contributed by atoms with van der Waals surface area (Å²) in [6.45, 7) is 4.10. The molecule has 2 aromatic rings. The Labute approximate surface area is 194 Å². The fourth-order valence-electron chi connectivity index (χ4n) is 2.61. The van der Waals surface area contributed by atoms with Crippen LogP contribution in [0.5, 0.6) is 11.5 Å². The van der Waals surface area contributed by atoms with Crippen molar-refractivity contribution in [2.24, 2.45) is 0 Å². The van der Waals surface area contributed by atoms with Crippen molar-refractivity contribution in [1.29, 1.82) is 0 Å². The molecule has 0 fully saturated rings. The molecule has 0 saturated heterocycles. The predicted octanol–water partition coefficient (Wildman–Crippen LogP) is 2.98. The number of carbonyl (C=O) groups is 4. The van der Waals surface area contributed by atoms with Gasteiger partial charge in [0, 0.05) is 0 Å². The first kappa shape index (κ1) is 25.7. The molecule has 1 N–H and O–H groups in total. The third-order valence-electron chi connectivity index (χ3n) is 4.12. The molecule has 1 aromatic heterocycles. The predicted molar refractivity (Wildman–Crippen MR) is 119 cm³/mol. The van der Waals surface area contributed by atoms with E-state index >= 15 is 0 Å². The van der Waals surface area contributed by atoms with Crippen LogP contribution in [0.3, 0.4) is 0 Å². The zero-order valence-electron chi connectivity index (χ0n) is 18.7. The maximum absolute atomic E-state index is 12.4. The van der Waals surface area contributed by atoms with Crippen LogP contribution in [0.2, 0.25) is 0 Å². The van der Waals surface area contributed by atoms with E-state index in [0.29, 0.717) is 17.1 Å². The average Bonchev–Trinajstić information content (AvgIpc) is 3.12. The molecule has 11 heteroatoms. The van der Waals surface area contributed by atoms with Gasteiger partial charge in [-0.2, -0.15) is 0 Å². The highest BCUT2D eigenvalue weighted by Gasteiger charge is 2.27. The van der Waals surface area contributed by atoms with Crippen LogP contribution in [0.1, 0.15) is 39.4 Å². The molecule has 2 rings (SSSR count). The Bertz CT molecular complexity index is 998. The molecule has 0 aliphatic carbocycles. The Morgan fingerprint density at radius 1 is 0.879 bits per heavy atom. The van der Waals surface area contributed by atoms with E-state index in [-0.39, 0.29) is 28.7 Å². The quantitative estimate of drug-likeness (QED) is 0.382. The second kappa shape index (κ2) is 12.4. The minimum absolute atomic E-state index is 0.0485. The van der Waals surface area contributed by atoms with E-state index < -0.39 is 37.0 Å². The second-order valence-electron chi connectivity index (χ2n) is 6.37. The Hall–Kier alpha value is -3.60. The van der Waals surface area contributed by atoms with Gasteiger partial charge in [0.1, 0.15) is 21.4 Å². The van der Waals surface area contributed by atoms with E-state index in [0.717, 1.165) is 11.3 Å². The number of esters is 3. The van der Waals surface area contributed by atoms with Gasteiger partial charge >= 0.3 is 17.9 Å². The fraction of sp³-hybridized carbons (Fsp3) is 0.364. The molecule has 33 heavy (non-hydrogen) atoms. The summed E-state index contributed by atoms with van der Waals surface area (Å²) in [5.74, 6) is -1.71. The van der Waals surface area contributed by atoms with Gasteiger partial charge in [-0.25, -0.2) is 14.4 Å². The minimum Gasteiger partial charge on any atom is -0.497 e. The standard InChI is InChI=1S/C22H25NO9S/c1-5-29-21(26)18-13(3)19(22(27)30-6-2)33-20(18)23-16(24)11-32-17(25)12-31-15-9-7-14(28-4)8-10-15/h7-10H,5-6,11-12H2,1-4H3,(H,23,24). The third kappa shape index (κ3) is 7.21. The number of rotatable bonds is 11. The Kier molecular flexibility index (Phi) is 9.67. The number of nitrogens with one attached hydrogen (secondary N) is 1. The van der Waals surface area contributed by atoms with E-state index in [2.05, 4.69) is 5.32 Å². The van der Waals surface area contributed by atoms with Crippen LogP contribution in [0.15, 0.2) is 24.3 Å². The molecule has 0 atom stereocenters. The average molecular weight is 480 g/mol. The lowest BCUT2D eigenvalue weighted by atomic mass is 10.1. The molecule has 1 aromatic carbocycles. The zero-order chi connectivity index (χ0) is 24.4. The van der Waals surface area contributed by atoms with Crippen molar-refractivity contribution in [1.82, 2.24) is 0 Å². The largest absolute Gasteiger partial charge is 0.497 e. The van der Waals surface area contributed by atoms with Gasteiger partial charge in [-0.1, -0.05) is 0 Å². The molecule has 1 heterocycles. The highest BCUT2D eigenvalue weighted by Crippen LogP contribution is 2.34. The molecule has 0 bridgehead atoms. The minimum atomic E-state index is -0.763. The molecular formula is C22H25NO9S. The Balaban J connectivity index is 1.98. The van der Waals surface area contributed by atoms with Crippen LogP contribution in [0.4, 0.5) is 5.00 Å². The van der Waals surface area contributed by atoms with Crippen LogP contribution < -0.4 is 14.8 Å². The van der Waals surface area contributed by atoms with Crippen molar-refractivity contribution in [2.45, 2.75) is 20.8 Å². The Morgan fingerprint density at radius 2 is 1.48 bits per heavy atom. The number of methoxy groups -OCH3 is 1. The van der Waals surface area contributed by atoms with E-state index in [9.17, 15) is 19.2 Å². The lowest BCUT2D eigenvalue weighted by Crippen LogP contribution is -2.24. The summed E-state index contributed by atoms with van der Waals surface area (Å²) in [4.78, 5) is 48.9. The molecule has 0 radical (unpaired) electrons. The number of amides is 1. The van der Waals surface area contributed by atoms with Crippen molar-refractivity contribution < 1.29 is 42.9 Å². The van der Waals surface area contributed by atoms with Gasteiger partial charge < -0.3 is 29.0 Å². The monoisotopic (exact) mass is 479 g/mol. The topological polar surface area (TPSA) is 126 Å². The van der Waals surface area contributed by atoms with Crippen LogP contribution in [-0.2, 0) is 23.8 Å². The summed E-state index contributed by atoms with van der Waals surface area (Å²) in [7, 11) is 1.53. The zero-order valence-corrected chi connectivity index (χ0v) is 19.5. The van der Waals surface area contributed by atoms with Gasteiger partial charge in [-0.15, -0.1) is 11.3 Å². The number of anilines is 1. The first-order chi connectivity index (χ1) is 15.8. The van der Waals surface area contributed by atoms with Crippen molar-refractivity contribution in [3.05, 3.63) is 40.3 Å². The van der Waals surface area contributed by atoms with E-state index in [1.807, 2.05) is 0 Å². The first-order valence-electron chi connectivity index (χ1n) is 10.0. The van der Waals surface area contributed by atoms with Crippen LogP contribution >= 0.6 is 11.3 Å². The van der Waals surface area contributed by atoms with Crippen molar-refractivity contribution in [3.8, 4) is 11.5 Å². The fourth-order valence-corrected chi connectivity index (χ4v) is 3.71. The number of hydrogen-bond donors (Lipinski definition) is 1. The normalized spacial score (nSPS) is 10.2. The molecular weight excluding hydrogens is 454 g/mol. The van der Waals surface area contributed by atoms with Gasteiger partial charge in [0.2, 0.25) is 0 Å². The van der Waals surface area contributed by atoms with Crippen molar-refractivity contribution in [2.75, 3.05) is 38.9 Å². The molecule has 0 spiro atoms. The van der Waals surface area contributed by atoms with E-state index in [1.165, 1.54) is 7.11 Å². The molecule has 0 saturated carbocycles. The van der Waals surface area contributed by atoms with Gasteiger partial charge in [0.05, 0.1) is 25.9 Å². The smallest absolute Gasteiger partial charge is 0.348 e. The number of benzene rings is 1. The lowest BCUT2D eigenvalue weighted by molar-refractivity contribution is -0.149. The third-order valence-corrected chi connectivity index (χ3v) is 5.31. The number of hydrogen-bond acceptors (Lipinski definition) is 10. The second-order valence-corrected chi connectivity index (χ2v) is 7.39. The van der Waals surface area contributed by atoms with E-state index in [4.69, 9.17) is 23.7 Å². The van der Waals surface area contributed by atoms with Crippen LogP contribution in [0.25, 0.3) is 0 Å². The van der Waals surface area contributed by atoms with E-state index in [1.54, 1.807) is 45.0 Å². The highest BCUT2D eigenvalue weighted by molar-refractivity contribution is 7.18. The van der Waals surface area contributed by atoms with Crippen molar-refractivity contribution in [3.63, 3.8) is 0 Å². The summed E-state index contributed by atoms with van der Waals surface area (Å²) in [5, 5.41) is 2.59. The number of carbonyl (C=O) groups excluding carboxylic acids is 4. The SMILES string of the molecule is CCOC(=O)c1sc(NC(=O)COC(=O)COc2ccc(OC)cc2)c(C(=O)OCC)c1C. The van der Waals surface area contributed by atoms with Gasteiger partial charge in [-0.05, 0) is 50.6 Å². The maximum Gasteiger partial charge on any atom is 0.348 e. The molecule has 0 aliphatic rings. The molecule has 0 unspecified atom stereocenters. The lowest BCUT2D eigenvalue weighted by Gasteiger charge is -2.09. The van der Waals surface area contributed by atoms with Gasteiger partial charge in [0.25, 0.3) is 5.91 Å².